The topological polar surface area (TPSA) is 63.4 Å². The van der Waals surface area contributed by atoms with Gasteiger partial charge in [-0.05, 0) is 37.5 Å². The van der Waals surface area contributed by atoms with E-state index >= 15 is 0 Å². The highest BCUT2D eigenvalue weighted by Gasteiger charge is 2.32. The number of likely N-dealkylation sites (tertiary alicyclic amines) is 1. The summed E-state index contributed by atoms with van der Waals surface area (Å²) < 4.78 is 0. The SMILES string of the molecule is [CH2]c1ccc(C(=O)N2CCCC2C(N)=O)cc1. The predicted molar refractivity (Wildman–Crippen MR) is 64.2 cm³/mol. The standard InChI is InChI=1S/C13H15N2O2/c1-9-4-6-10(7-5-9)13(17)15-8-2-3-11(15)12(14)16/h4-7,11H,1-3,8H2,(H2,14,16). The van der Waals surface area contributed by atoms with Crippen LogP contribution in [0, 0.1) is 6.92 Å². The summed E-state index contributed by atoms with van der Waals surface area (Å²) in [4.78, 5) is 24.9. The lowest BCUT2D eigenvalue weighted by Crippen LogP contribution is -2.43. The van der Waals surface area contributed by atoms with Crippen LogP contribution in [-0.2, 0) is 4.79 Å². The first-order valence-electron chi connectivity index (χ1n) is 5.62. The normalized spacial score (nSPS) is 19.4. The van der Waals surface area contributed by atoms with Crippen LogP contribution in [0.1, 0.15) is 28.8 Å². The van der Waals surface area contributed by atoms with Gasteiger partial charge >= 0.3 is 0 Å². The van der Waals surface area contributed by atoms with Gasteiger partial charge in [0.1, 0.15) is 6.04 Å². The molecule has 0 spiro atoms. The molecule has 1 aliphatic rings. The van der Waals surface area contributed by atoms with E-state index in [9.17, 15) is 9.59 Å². The van der Waals surface area contributed by atoms with Crippen molar-refractivity contribution in [1.29, 1.82) is 0 Å². The maximum atomic E-state index is 12.2. The Kier molecular flexibility index (Phi) is 3.13. The van der Waals surface area contributed by atoms with Gasteiger partial charge in [0.25, 0.3) is 5.91 Å². The molecule has 1 heterocycles. The molecule has 1 fully saturated rings. The molecule has 0 aliphatic carbocycles. The van der Waals surface area contributed by atoms with E-state index < -0.39 is 11.9 Å². The molecule has 1 aromatic rings. The molecule has 2 amide bonds. The molecule has 2 rings (SSSR count). The van der Waals surface area contributed by atoms with Gasteiger partial charge in [0.15, 0.2) is 0 Å². The molecule has 1 aliphatic heterocycles. The lowest BCUT2D eigenvalue weighted by molar-refractivity contribution is -0.121. The van der Waals surface area contributed by atoms with Crippen LogP contribution in [0.15, 0.2) is 24.3 Å². The average molecular weight is 231 g/mol. The van der Waals surface area contributed by atoms with Crippen molar-refractivity contribution >= 4 is 11.8 Å². The first-order chi connectivity index (χ1) is 8.09. The fourth-order valence-corrected chi connectivity index (χ4v) is 2.12. The second-order valence-electron chi connectivity index (χ2n) is 4.26. The van der Waals surface area contributed by atoms with E-state index in [4.69, 9.17) is 5.73 Å². The Morgan fingerprint density at radius 2 is 1.94 bits per heavy atom. The lowest BCUT2D eigenvalue weighted by atomic mass is 10.1. The van der Waals surface area contributed by atoms with Crippen molar-refractivity contribution in [2.24, 2.45) is 5.73 Å². The zero-order valence-corrected chi connectivity index (χ0v) is 9.56. The molecule has 4 nitrogen and oxygen atoms in total. The average Bonchev–Trinajstić information content (AvgIpc) is 2.78. The quantitative estimate of drug-likeness (QED) is 0.824. The number of carbonyl (C=O) groups is 2. The van der Waals surface area contributed by atoms with Crippen LogP contribution in [0.25, 0.3) is 0 Å². The zero-order chi connectivity index (χ0) is 12.4. The maximum Gasteiger partial charge on any atom is 0.254 e. The minimum absolute atomic E-state index is 0.133. The van der Waals surface area contributed by atoms with Crippen LogP contribution in [0.5, 0.6) is 0 Å². The summed E-state index contributed by atoms with van der Waals surface area (Å²) in [6.07, 6.45) is 1.49. The van der Waals surface area contributed by atoms with Crippen LogP contribution >= 0.6 is 0 Å². The highest BCUT2D eigenvalue weighted by Crippen LogP contribution is 2.20. The van der Waals surface area contributed by atoms with Crippen LogP contribution in [-0.4, -0.2) is 29.3 Å². The largest absolute Gasteiger partial charge is 0.368 e. The fourth-order valence-electron chi connectivity index (χ4n) is 2.12. The monoisotopic (exact) mass is 231 g/mol. The number of nitrogens with zero attached hydrogens (tertiary/aromatic N) is 1. The Bertz CT molecular complexity index is 439. The van der Waals surface area contributed by atoms with Gasteiger partial charge in [0.2, 0.25) is 5.91 Å². The van der Waals surface area contributed by atoms with E-state index in [0.717, 1.165) is 12.0 Å². The Morgan fingerprint density at radius 1 is 1.29 bits per heavy atom. The van der Waals surface area contributed by atoms with Gasteiger partial charge in [-0.3, -0.25) is 9.59 Å². The third-order valence-electron chi connectivity index (χ3n) is 3.04. The zero-order valence-electron chi connectivity index (χ0n) is 9.56. The van der Waals surface area contributed by atoms with Crippen molar-refractivity contribution in [1.82, 2.24) is 4.90 Å². The van der Waals surface area contributed by atoms with E-state index in [1.165, 1.54) is 0 Å². The molecule has 17 heavy (non-hydrogen) atoms. The predicted octanol–water partition coefficient (Wildman–Crippen LogP) is 0.959. The van der Waals surface area contributed by atoms with Gasteiger partial charge in [-0.1, -0.05) is 12.1 Å². The molecular formula is C13H15N2O2. The Balaban J connectivity index is 2.19. The molecule has 0 saturated carbocycles. The summed E-state index contributed by atoms with van der Waals surface area (Å²) in [6.45, 7) is 4.36. The van der Waals surface area contributed by atoms with Crippen LogP contribution in [0.4, 0.5) is 0 Å². The van der Waals surface area contributed by atoms with Gasteiger partial charge in [-0.15, -0.1) is 0 Å². The van der Waals surface area contributed by atoms with E-state index in [-0.39, 0.29) is 5.91 Å². The summed E-state index contributed by atoms with van der Waals surface area (Å²) >= 11 is 0. The molecule has 89 valence electrons. The molecule has 0 bridgehead atoms. The van der Waals surface area contributed by atoms with E-state index in [1.807, 2.05) is 0 Å². The summed E-state index contributed by atoms with van der Waals surface area (Å²) in [5, 5.41) is 0. The van der Waals surface area contributed by atoms with Crippen molar-refractivity contribution in [3.05, 3.63) is 42.3 Å². The first kappa shape index (κ1) is 11.6. The van der Waals surface area contributed by atoms with Gasteiger partial charge < -0.3 is 10.6 Å². The smallest absolute Gasteiger partial charge is 0.254 e. The van der Waals surface area contributed by atoms with Crippen molar-refractivity contribution in [3.63, 3.8) is 0 Å². The van der Waals surface area contributed by atoms with Crippen molar-refractivity contribution < 1.29 is 9.59 Å². The van der Waals surface area contributed by atoms with E-state index in [2.05, 4.69) is 6.92 Å². The number of nitrogens with two attached hydrogens (primary N) is 1. The number of hydrogen-bond donors (Lipinski definition) is 1. The summed E-state index contributed by atoms with van der Waals surface area (Å²) in [7, 11) is 0. The fraction of sp³-hybridized carbons (Fsp3) is 0.308. The molecule has 1 saturated heterocycles. The summed E-state index contributed by atoms with van der Waals surface area (Å²) in [6, 6.07) is 6.55. The maximum absolute atomic E-state index is 12.2. The molecule has 1 radical (unpaired) electrons. The van der Waals surface area contributed by atoms with Gasteiger partial charge in [-0.2, -0.15) is 0 Å². The minimum atomic E-state index is -0.457. The highest BCUT2D eigenvalue weighted by molar-refractivity contribution is 5.97. The van der Waals surface area contributed by atoms with Crippen LogP contribution < -0.4 is 5.73 Å². The number of carbonyl (C=O) groups excluding carboxylic acids is 2. The minimum Gasteiger partial charge on any atom is -0.368 e. The Labute approximate surface area is 100 Å². The van der Waals surface area contributed by atoms with E-state index in [1.54, 1.807) is 29.2 Å². The second-order valence-corrected chi connectivity index (χ2v) is 4.26. The van der Waals surface area contributed by atoms with E-state index in [0.29, 0.717) is 18.5 Å². The summed E-state index contributed by atoms with van der Waals surface area (Å²) in [5.74, 6) is -0.559. The van der Waals surface area contributed by atoms with Crippen molar-refractivity contribution in [2.45, 2.75) is 18.9 Å². The molecule has 1 aromatic carbocycles. The number of rotatable bonds is 2. The Hall–Kier alpha value is -1.84. The van der Waals surface area contributed by atoms with Crippen molar-refractivity contribution in [3.8, 4) is 0 Å². The van der Waals surface area contributed by atoms with Crippen LogP contribution in [0.2, 0.25) is 0 Å². The van der Waals surface area contributed by atoms with Gasteiger partial charge in [-0.25, -0.2) is 0 Å². The third kappa shape index (κ3) is 2.30. The Morgan fingerprint density at radius 3 is 2.53 bits per heavy atom. The highest BCUT2D eigenvalue weighted by atomic mass is 16.2. The van der Waals surface area contributed by atoms with Gasteiger partial charge in [0, 0.05) is 12.1 Å². The number of amides is 2. The third-order valence-corrected chi connectivity index (χ3v) is 3.04. The molecule has 2 N–H and O–H groups in total. The lowest BCUT2D eigenvalue weighted by Gasteiger charge is -2.22. The van der Waals surface area contributed by atoms with Crippen LogP contribution in [0.3, 0.4) is 0 Å². The molecular weight excluding hydrogens is 216 g/mol. The number of benzene rings is 1. The van der Waals surface area contributed by atoms with Gasteiger partial charge in [0.05, 0.1) is 0 Å². The molecule has 4 heteroatoms. The van der Waals surface area contributed by atoms with Crippen molar-refractivity contribution in [2.75, 3.05) is 6.54 Å². The molecule has 0 aromatic heterocycles. The first-order valence-corrected chi connectivity index (χ1v) is 5.62. The number of primary amides is 1. The molecule has 1 atom stereocenters. The molecule has 1 unspecified atom stereocenters. The summed E-state index contributed by atoms with van der Waals surface area (Å²) in [5.41, 5.74) is 6.72. The second kappa shape index (κ2) is 4.57. The number of hydrogen-bond acceptors (Lipinski definition) is 2.